The van der Waals surface area contributed by atoms with Crippen LogP contribution in [0.25, 0.3) is 0 Å². The van der Waals surface area contributed by atoms with Crippen LogP contribution >= 0.6 is 0 Å². The molecule has 1 aliphatic carbocycles. The Kier molecular flexibility index (Phi) is 4.63. The number of allylic oxidation sites excluding steroid dienone is 4. The molecule has 6 heteroatoms. The van der Waals surface area contributed by atoms with Crippen molar-refractivity contribution in [1.82, 2.24) is 0 Å². The quantitative estimate of drug-likeness (QED) is 0.526. The van der Waals surface area contributed by atoms with Crippen LogP contribution in [0.15, 0.2) is 66.3 Å². The molecule has 2 rings (SSSR count). The first-order valence-corrected chi connectivity index (χ1v) is 6.44. The second-order valence-corrected chi connectivity index (χ2v) is 4.70. The molecule has 1 atom stereocenters. The smallest absolute Gasteiger partial charge is 0.362 e. The molecule has 1 aromatic rings. The third kappa shape index (κ3) is 4.68. The molecule has 0 radical (unpaired) electrons. The summed E-state index contributed by atoms with van der Waals surface area (Å²) in [5, 5.41) is 9.62. The Morgan fingerprint density at radius 2 is 1.95 bits per heavy atom. The van der Waals surface area contributed by atoms with E-state index in [0.717, 1.165) is 6.08 Å². The Bertz CT molecular complexity index is 630. The Hall–Kier alpha value is -2.18. The summed E-state index contributed by atoms with van der Waals surface area (Å²) in [6, 6.07) is 8.57. The summed E-state index contributed by atoms with van der Waals surface area (Å²) in [6.07, 6.45) is 1.04. The second kappa shape index (κ2) is 6.29. The highest BCUT2D eigenvalue weighted by molar-refractivity contribution is 6.04. The maximum absolute atomic E-state index is 12.1. The van der Waals surface area contributed by atoms with E-state index in [2.05, 4.69) is 4.74 Å². The minimum absolute atomic E-state index is 0.220. The number of carbonyl (C=O) groups excluding carboxylic acids is 1. The van der Waals surface area contributed by atoms with E-state index in [0.29, 0.717) is 11.1 Å². The van der Waals surface area contributed by atoms with Crippen molar-refractivity contribution in [3.63, 3.8) is 0 Å². The molecular formula is C16H13F3O3. The largest absolute Gasteiger partial charge is 0.525 e. The highest BCUT2D eigenvalue weighted by atomic mass is 19.4. The van der Waals surface area contributed by atoms with E-state index >= 15 is 0 Å². The van der Waals surface area contributed by atoms with Gasteiger partial charge < -0.3 is 5.11 Å². The Balaban J connectivity index is 1.99. The van der Waals surface area contributed by atoms with Gasteiger partial charge >= 0.3 is 6.36 Å². The summed E-state index contributed by atoms with van der Waals surface area (Å²) >= 11 is 0. The lowest BCUT2D eigenvalue weighted by Gasteiger charge is -2.26. The average Bonchev–Trinajstić information content (AvgIpc) is 2.45. The van der Waals surface area contributed by atoms with Crippen molar-refractivity contribution in [2.45, 2.75) is 18.6 Å². The molecule has 0 saturated heterocycles. The van der Waals surface area contributed by atoms with Gasteiger partial charge in [-0.25, -0.2) is 0 Å². The summed E-state index contributed by atoms with van der Waals surface area (Å²) in [5.41, 5.74) is 1.02. The molecule has 3 nitrogen and oxygen atoms in total. The number of alkyl halides is 3. The maximum Gasteiger partial charge on any atom is 0.525 e. The van der Waals surface area contributed by atoms with E-state index in [-0.39, 0.29) is 12.2 Å². The van der Waals surface area contributed by atoms with Gasteiger partial charge in [0.25, 0.3) is 0 Å². The van der Waals surface area contributed by atoms with Gasteiger partial charge in [0.05, 0.1) is 0 Å². The van der Waals surface area contributed by atoms with Gasteiger partial charge in [-0.3, -0.25) is 9.53 Å². The number of ketones is 1. The minimum Gasteiger partial charge on any atom is -0.362 e. The fourth-order valence-electron chi connectivity index (χ4n) is 1.90. The SMILES string of the molecule is O=C(C=CC1=CCC(O)(OC(F)(F)F)C=C1)c1ccccc1. The number of aliphatic hydroxyl groups is 1. The molecule has 0 heterocycles. The lowest BCUT2D eigenvalue weighted by Crippen LogP contribution is -2.36. The zero-order valence-corrected chi connectivity index (χ0v) is 11.4. The van der Waals surface area contributed by atoms with Gasteiger partial charge in [0.2, 0.25) is 0 Å². The van der Waals surface area contributed by atoms with E-state index in [9.17, 15) is 23.1 Å². The van der Waals surface area contributed by atoms with Crippen molar-refractivity contribution < 1.29 is 27.8 Å². The fourth-order valence-corrected chi connectivity index (χ4v) is 1.90. The zero-order chi connectivity index (χ0) is 16.2. The Morgan fingerprint density at radius 3 is 2.50 bits per heavy atom. The molecule has 0 aliphatic heterocycles. The summed E-state index contributed by atoms with van der Waals surface area (Å²) in [5.74, 6) is -2.62. The van der Waals surface area contributed by atoms with Crippen molar-refractivity contribution >= 4 is 5.78 Å². The van der Waals surface area contributed by atoms with Gasteiger partial charge in [0, 0.05) is 12.0 Å². The molecule has 22 heavy (non-hydrogen) atoms. The van der Waals surface area contributed by atoms with Crippen LogP contribution in [-0.2, 0) is 4.74 Å². The Morgan fingerprint density at radius 1 is 1.27 bits per heavy atom. The highest BCUT2D eigenvalue weighted by Gasteiger charge is 2.41. The van der Waals surface area contributed by atoms with Crippen LogP contribution in [0, 0.1) is 0 Å². The van der Waals surface area contributed by atoms with E-state index in [1.165, 1.54) is 24.3 Å². The van der Waals surface area contributed by atoms with Gasteiger partial charge in [-0.15, -0.1) is 13.2 Å². The number of halogens is 3. The van der Waals surface area contributed by atoms with Gasteiger partial charge in [-0.1, -0.05) is 48.6 Å². The third-order valence-corrected chi connectivity index (χ3v) is 2.94. The summed E-state index contributed by atoms with van der Waals surface area (Å²) in [6.45, 7) is 0. The van der Waals surface area contributed by atoms with Gasteiger partial charge in [-0.05, 0) is 17.7 Å². The predicted octanol–water partition coefficient (Wildman–Crippen LogP) is 3.54. The number of benzene rings is 1. The van der Waals surface area contributed by atoms with Crippen molar-refractivity contribution in [2.24, 2.45) is 0 Å². The van der Waals surface area contributed by atoms with Gasteiger partial charge in [0.15, 0.2) is 11.6 Å². The van der Waals surface area contributed by atoms with Crippen LogP contribution in [0.1, 0.15) is 16.8 Å². The normalized spacial score (nSPS) is 21.9. The molecule has 0 amide bonds. The van der Waals surface area contributed by atoms with Gasteiger partial charge in [0.1, 0.15) is 0 Å². The van der Waals surface area contributed by atoms with Crippen LogP contribution in [0.5, 0.6) is 0 Å². The summed E-state index contributed by atoms with van der Waals surface area (Å²) in [4.78, 5) is 11.8. The number of rotatable bonds is 4. The molecule has 1 unspecified atom stereocenters. The number of carbonyl (C=O) groups is 1. The fraction of sp³-hybridized carbons (Fsp3) is 0.188. The van der Waals surface area contributed by atoms with E-state index < -0.39 is 12.1 Å². The standard InChI is InChI=1S/C16H13F3O3/c17-16(18,19)22-15(21)10-8-12(9-11-15)6-7-14(20)13-4-2-1-3-5-13/h1-10,21H,11H2. The van der Waals surface area contributed by atoms with Crippen molar-refractivity contribution in [1.29, 1.82) is 0 Å². The summed E-state index contributed by atoms with van der Waals surface area (Å²) < 4.78 is 40.0. The topological polar surface area (TPSA) is 46.5 Å². The van der Waals surface area contributed by atoms with Crippen molar-refractivity contribution in [2.75, 3.05) is 0 Å². The van der Waals surface area contributed by atoms with E-state index in [1.54, 1.807) is 30.3 Å². The number of hydrogen-bond acceptors (Lipinski definition) is 3. The maximum atomic E-state index is 12.1. The molecule has 0 saturated carbocycles. The second-order valence-electron chi connectivity index (χ2n) is 4.70. The summed E-state index contributed by atoms with van der Waals surface area (Å²) in [7, 11) is 0. The Labute approximate surface area is 125 Å². The van der Waals surface area contributed by atoms with Crippen molar-refractivity contribution in [3.05, 3.63) is 71.8 Å². The first-order chi connectivity index (χ1) is 10.3. The number of hydrogen-bond donors (Lipinski definition) is 1. The van der Waals surface area contributed by atoms with Gasteiger partial charge in [-0.2, -0.15) is 0 Å². The van der Waals surface area contributed by atoms with E-state index in [1.807, 2.05) is 0 Å². The lowest BCUT2D eigenvalue weighted by molar-refractivity contribution is -0.395. The van der Waals surface area contributed by atoms with Crippen molar-refractivity contribution in [3.8, 4) is 0 Å². The van der Waals surface area contributed by atoms with E-state index in [4.69, 9.17) is 0 Å². The molecule has 0 bridgehead atoms. The zero-order valence-electron chi connectivity index (χ0n) is 11.4. The average molecular weight is 310 g/mol. The van der Waals surface area contributed by atoms with Crippen LogP contribution in [0.4, 0.5) is 13.2 Å². The number of ether oxygens (including phenoxy) is 1. The molecule has 0 fully saturated rings. The minimum atomic E-state index is -4.93. The lowest BCUT2D eigenvalue weighted by atomic mass is 10.0. The molecule has 0 aromatic heterocycles. The molecule has 1 aromatic carbocycles. The third-order valence-electron chi connectivity index (χ3n) is 2.94. The monoisotopic (exact) mass is 310 g/mol. The first-order valence-electron chi connectivity index (χ1n) is 6.44. The van der Waals surface area contributed by atoms with Crippen LogP contribution < -0.4 is 0 Å². The first kappa shape index (κ1) is 16.2. The van der Waals surface area contributed by atoms with Crippen LogP contribution in [0.3, 0.4) is 0 Å². The highest BCUT2D eigenvalue weighted by Crippen LogP contribution is 2.30. The molecule has 0 spiro atoms. The molecular weight excluding hydrogens is 297 g/mol. The predicted molar refractivity (Wildman–Crippen MR) is 73.8 cm³/mol. The van der Waals surface area contributed by atoms with Crippen LogP contribution in [0.2, 0.25) is 0 Å². The molecule has 116 valence electrons. The molecule has 1 aliphatic rings. The molecule has 1 N–H and O–H groups in total. The van der Waals surface area contributed by atoms with Crippen LogP contribution in [-0.4, -0.2) is 23.0 Å².